The first-order valence-corrected chi connectivity index (χ1v) is 8.03. The molecule has 0 bridgehead atoms. The van der Waals surface area contributed by atoms with Crippen LogP contribution in [0.15, 0.2) is 40.1 Å². The molecule has 0 aliphatic rings. The fourth-order valence-corrected chi connectivity index (χ4v) is 3.44. The fourth-order valence-electron chi connectivity index (χ4n) is 1.83. The first-order chi connectivity index (χ1) is 9.32. The van der Waals surface area contributed by atoms with Gasteiger partial charge in [-0.2, -0.15) is 4.31 Å². The predicted octanol–water partition coefficient (Wildman–Crippen LogP) is 1.59. The number of anilines is 1. The Bertz CT molecular complexity index is 690. The van der Waals surface area contributed by atoms with Crippen LogP contribution in [-0.2, 0) is 23.6 Å². The van der Waals surface area contributed by atoms with Crippen LogP contribution < -0.4 is 5.73 Å². The average molecular weight is 359 g/mol. The van der Waals surface area contributed by atoms with Gasteiger partial charge in [0.25, 0.3) is 10.0 Å². The zero-order valence-corrected chi connectivity index (χ0v) is 13.5. The summed E-state index contributed by atoms with van der Waals surface area (Å²) in [7, 11) is -0.550. The lowest BCUT2D eigenvalue weighted by Gasteiger charge is -2.17. The number of benzene rings is 1. The molecule has 1 aromatic carbocycles. The highest BCUT2D eigenvalue weighted by molar-refractivity contribution is 9.10. The van der Waals surface area contributed by atoms with Crippen molar-refractivity contribution < 1.29 is 8.42 Å². The van der Waals surface area contributed by atoms with E-state index in [4.69, 9.17) is 5.73 Å². The van der Waals surface area contributed by atoms with Gasteiger partial charge in [0.05, 0.1) is 6.33 Å². The van der Waals surface area contributed by atoms with Crippen LogP contribution in [0.5, 0.6) is 0 Å². The van der Waals surface area contributed by atoms with Gasteiger partial charge in [-0.1, -0.05) is 28.1 Å². The van der Waals surface area contributed by atoms with E-state index in [1.165, 1.54) is 22.2 Å². The summed E-state index contributed by atoms with van der Waals surface area (Å²) in [5.74, 6) is 0.00940. The molecule has 108 valence electrons. The molecule has 0 radical (unpaired) electrons. The molecule has 0 saturated carbocycles. The van der Waals surface area contributed by atoms with Crippen LogP contribution in [0.4, 0.5) is 5.82 Å². The second-order valence-electron chi connectivity index (χ2n) is 4.43. The van der Waals surface area contributed by atoms with Crippen molar-refractivity contribution in [2.45, 2.75) is 11.6 Å². The smallest absolute Gasteiger partial charge is 0.262 e. The van der Waals surface area contributed by atoms with Crippen LogP contribution in [0.3, 0.4) is 0 Å². The van der Waals surface area contributed by atoms with Crippen molar-refractivity contribution in [3.8, 4) is 0 Å². The first-order valence-electron chi connectivity index (χ1n) is 5.80. The highest BCUT2D eigenvalue weighted by Gasteiger charge is 2.27. The van der Waals surface area contributed by atoms with Gasteiger partial charge in [0, 0.05) is 25.1 Å². The molecule has 1 aromatic heterocycles. The molecule has 8 heteroatoms. The van der Waals surface area contributed by atoms with Crippen molar-refractivity contribution in [3.05, 3.63) is 40.6 Å². The molecule has 6 nitrogen and oxygen atoms in total. The van der Waals surface area contributed by atoms with Gasteiger partial charge < -0.3 is 10.3 Å². The van der Waals surface area contributed by atoms with E-state index in [-0.39, 0.29) is 17.4 Å². The molecule has 0 spiro atoms. The van der Waals surface area contributed by atoms with Gasteiger partial charge in [-0.15, -0.1) is 0 Å². The molecule has 2 N–H and O–H groups in total. The van der Waals surface area contributed by atoms with Crippen LogP contribution in [0, 0.1) is 0 Å². The zero-order chi connectivity index (χ0) is 14.9. The summed E-state index contributed by atoms with van der Waals surface area (Å²) in [5.41, 5.74) is 6.52. The fraction of sp³-hybridized carbons (Fsp3) is 0.250. The summed E-state index contributed by atoms with van der Waals surface area (Å²) in [4.78, 5) is 3.81. The largest absolute Gasteiger partial charge is 0.381 e. The van der Waals surface area contributed by atoms with Crippen molar-refractivity contribution in [3.63, 3.8) is 0 Å². The van der Waals surface area contributed by atoms with Gasteiger partial charge in [-0.05, 0) is 17.7 Å². The summed E-state index contributed by atoms with van der Waals surface area (Å²) in [6.45, 7) is 0.264. The Kier molecular flexibility index (Phi) is 4.17. The predicted molar refractivity (Wildman–Crippen MR) is 80.4 cm³/mol. The van der Waals surface area contributed by atoms with Crippen LogP contribution in [-0.4, -0.2) is 29.3 Å². The molecule has 0 unspecified atom stereocenters. The number of nitrogens with zero attached hydrogens (tertiary/aromatic N) is 3. The third kappa shape index (κ3) is 2.87. The molecule has 20 heavy (non-hydrogen) atoms. The van der Waals surface area contributed by atoms with Gasteiger partial charge in [0.1, 0.15) is 0 Å². The van der Waals surface area contributed by atoms with Gasteiger partial charge in [-0.25, -0.2) is 13.4 Å². The number of sulfonamides is 1. The maximum atomic E-state index is 12.5. The maximum Gasteiger partial charge on any atom is 0.262 e. The van der Waals surface area contributed by atoms with Crippen molar-refractivity contribution in [2.75, 3.05) is 12.8 Å². The Hall–Kier alpha value is -1.38. The number of rotatable bonds is 4. The third-order valence-corrected chi connectivity index (χ3v) is 5.35. The van der Waals surface area contributed by atoms with E-state index in [0.29, 0.717) is 0 Å². The Morgan fingerprint density at radius 3 is 2.45 bits per heavy atom. The SMILES string of the molecule is CN(Cc1ccc(Br)cc1)S(=O)(=O)c1c(N)ncn1C. The van der Waals surface area contributed by atoms with Crippen LogP contribution >= 0.6 is 15.9 Å². The second-order valence-corrected chi connectivity index (χ2v) is 7.31. The van der Waals surface area contributed by atoms with E-state index in [2.05, 4.69) is 20.9 Å². The molecule has 2 aromatic rings. The molecule has 0 saturated heterocycles. The van der Waals surface area contributed by atoms with Crippen molar-refractivity contribution in [1.29, 1.82) is 0 Å². The van der Waals surface area contributed by atoms with E-state index < -0.39 is 10.0 Å². The van der Waals surface area contributed by atoms with E-state index >= 15 is 0 Å². The van der Waals surface area contributed by atoms with E-state index in [1.54, 1.807) is 7.05 Å². The van der Waals surface area contributed by atoms with Crippen LogP contribution in [0.2, 0.25) is 0 Å². The molecule has 0 atom stereocenters. The summed E-state index contributed by atoms with van der Waals surface area (Å²) >= 11 is 3.34. The summed E-state index contributed by atoms with van der Waals surface area (Å²) in [6, 6.07) is 7.47. The topological polar surface area (TPSA) is 81.2 Å². The number of aromatic nitrogens is 2. The minimum absolute atomic E-state index is 0.00940. The third-order valence-electron chi connectivity index (χ3n) is 2.88. The standard InChI is InChI=1S/C12H15BrN4O2S/c1-16-8-15-11(14)12(16)20(18,19)17(2)7-9-3-5-10(13)6-4-9/h3-6,8H,7,14H2,1-2H3. The van der Waals surface area contributed by atoms with Crippen LogP contribution in [0.25, 0.3) is 0 Å². The van der Waals surface area contributed by atoms with Gasteiger partial charge in [-0.3, -0.25) is 0 Å². The Balaban J connectivity index is 2.28. The number of hydrogen-bond donors (Lipinski definition) is 1. The van der Waals surface area contributed by atoms with E-state index in [9.17, 15) is 8.42 Å². The Labute approximate surface area is 126 Å². The summed E-state index contributed by atoms with van der Waals surface area (Å²) in [5, 5.41) is 0.0112. The zero-order valence-electron chi connectivity index (χ0n) is 11.1. The molecular formula is C12H15BrN4O2S. The van der Waals surface area contributed by atoms with Gasteiger partial charge >= 0.3 is 0 Å². The quantitative estimate of drug-likeness (QED) is 0.899. The van der Waals surface area contributed by atoms with Crippen molar-refractivity contribution in [1.82, 2.24) is 13.9 Å². The minimum atomic E-state index is -3.67. The lowest BCUT2D eigenvalue weighted by atomic mass is 10.2. The molecule has 1 heterocycles. The number of aryl methyl sites for hydroxylation is 1. The van der Waals surface area contributed by atoms with Crippen molar-refractivity contribution >= 4 is 31.8 Å². The average Bonchev–Trinajstić information content (AvgIpc) is 2.72. The normalized spacial score (nSPS) is 12.0. The Morgan fingerprint density at radius 2 is 1.95 bits per heavy atom. The molecule has 0 aliphatic carbocycles. The molecule has 0 amide bonds. The number of nitrogen functional groups attached to an aromatic ring is 1. The Morgan fingerprint density at radius 1 is 1.35 bits per heavy atom. The monoisotopic (exact) mass is 358 g/mol. The molecule has 2 rings (SSSR count). The highest BCUT2D eigenvalue weighted by Crippen LogP contribution is 2.21. The molecule has 0 fully saturated rings. The molecular weight excluding hydrogens is 344 g/mol. The highest BCUT2D eigenvalue weighted by atomic mass is 79.9. The number of imidazole rings is 1. The van der Waals surface area contributed by atoms with Gasteiger partial charge in [0.15, 0.2) is 10.8 Å². The number of halogens is 1. The summed E-state index contributed by atoms with van der Waals surface area (Å²) in [6.07, 6.45) is 1.38. The second kappa shape index (κ2) is 5.55. The van der Waals surface area contributed by atoms with E-state index in [1.807, 2.05) is 24.3 Å². The first kappa shape index (κ1) is 15.0. The molecule has 0 aliphatic heterocycles. The maximum absolute atomic E-state index is 12.5. The number of hydrogen-bond acceptors (Lipinski definition) is 4. The van der Waals surface area contributed by atoms with Gasteiger partial charge in [0.2, 0.25) is 0 Å². The van der Waals surface area contributed by atoms with E-state index in [0.717, 1.165) is 10.0 Å². The summed E-state index contributed by atoms with van der Waals surface area (Å²) < 4.78 is 28.6. The van der Waals surface area contributed by atoms with Crippen molar-refractivity contribution in [2.24, 2.45) is 7.05 Å². The minimum Gasteiger partial charge on any atom is -0.381 e. The lowest BCUT2D eigenvalue weighted by Crippen LogP contribution is -2.28. The number of nitrogens with two attached hydrogens (primary N) is 1. The lowest BCUT2D eigenvalue weighted by molar-refractivity contribution is 0.461. The van der Waals surface area contributed by atoms with Crippen LogP contribution in [0.1, 0.15) is 5.56 Å².